The van der Waals surface area contributed by atoms with Gasteiger partial charge in [0.1, 0.15) is 11.5 Å². The zero-order valence-corrected chi connectivity index (χ0v) is 19.6. The van der Waals surface area contributed by atoms with E-state index in [-0.39, 0.29) is 5.91 Å². The third-order valence-electron chi connectivity index (χ3n) is 5.90. The zero-order valence-electron chi connectivity index (χ0n) is 19.6. The molecule has 0 saturated heterocycles. The molecule has 0 aliphatic heterocycles. The largest absolute Gasteiger partial charge is 0.351 e. The topological polar surface area (TPSA) is 64.7 Å². The normalized spacial score (nSPS) is 10.9. The van der Waals surface area contributed by atoms with E-state index in [9.17, 15) is 4.79 Å². The van der Waals surface area contributed by atoms with Gasteiger partial charge in [-0.15, -0.1) is 0 Å². The molecule has 5 rings (SSSR count). The fourth-order valence-electron chi connectivity index (χ4n) is 4.13. The first-order valence-electron chi connectivity index (χ1n) is 11.7. The maximum absolute atomic E-state index is 13.3. The maximum Gasteiger partial charge on any atom is 0.255 e. The third kappa shape index (κ3) is 5.22. The van der Waals surface area contributed by atoms with Crippen molar-refractivity contribution in [2.24, 2.45) is 0 Å². The van der Waals surface area contributed by atoms with E-state index in [0.29, 0.717) is 24.2 Å². The monoisotopic (exact) mass is 461 g/mol. The Labute approximate surface area is 204 Å². The van der Waals surface area contributed by atoms with Crippen molar-refractivity contribution in [3.05, 3.63) is 126 Å². The number of nitrogens with one attached hydrogen (secondary N) is 1. The van der Waals surface area contributed by atoms with Crippen LogP contribution in [0.25, 0.3) is 16.9 Å². The van der Waals surface area contributed by atoms with Gasteiger partial charge in [-0.25, -0.2) is 9.67 Å². The highest BCUT2D eigenvalue weighted by atomic mass is 16.1. The molecule has 5 aromatic rings. The van der Waals surface area contributed by atoms with Gasteiger partial charge in [0.05, 0.1) is 11.3 Å². The van der Waals surface area contributed by atoms with Crippen molar-refractivity contribution in [2.45, 2.75) is 19.9 Å². The first kappa shape index (κ1) is 22.3. The van der Waals surface area contributed by atoms with Gasteiger partial charge >= 0.3 is 0 Å². The van der Waals surface area contributed by atoms with Crippen molar-refractivity contribution in [1.82, 2.24) is 24.6 Å². The molecule has 0 unspecified atom stereocenters. The summed E-state index contributed by atoms with van der Waals surface area (Å²) in [7, 11) is 0. The van der Waals surface area contributed by atoms with Crippen LogP contribution in [0.1, 0.15) is 27.3 Å². The van der Waals surface area contributed by atoms with E-state index < -0.39 is 0 Å². The van der Waals surface area contributed by atoms with Crippen LogP contribution < -0.4 is 5.32 Å². The van der Waals surface area contributed by atoms with Crippen molar-refractivity contribution in [3.63, 3.8) is 0 Å². The minimum absolute atomic E-state index is 0.148. The number of benzene rings is 3. The Hall–Kier alpha value is -4.45. The van der Waals surface area contributed by atoms with Gasteiger partial charge in [0.2, 0.25) is 0 Å². The van der Waals surface area contributed by atoms with E-state index in [1.807, 2.05) is 79.9 Å². The number of hydrogen-bond acceptors (Lipinski definition) is 3. The van der Waals surface area contributed by atoms with E-state index >= 15 is 0 Å². The summed E-state index contributed by atoms with van der Waals surface area (Å²) in [6.45, 7) is 3.27. The Morgan fingerprint density at radius 3 is 2.49 bits per heavy atom. The molecule has 1 N–H and O–H groups in total. The predicted octanol–water partition coefficient (Wildman–Crippen LogP) is 5.07. The summed E-state index contributed by atoms with van der Waals surface area (Å²) in [6, 6.07) is 28.2. The quantitative estimate of drug-likeness (QED) is 0.351. The van der Waals surface area contributed by atoms with Gasteiger partial charge in [0, 0.05) is 43.7 Å². The molecule has 0 spiro atoms. The number of carbonyl (C=O) groups excluding carboxylic acids is 1. The number of rotatable bonds is 8. The summed E-state index contributed by atoms with van der Waals surface area (Å²) >= 11 is 0. The van der Waals surface area contributed by atoms with Crippen LogP contribution in [0.4, 0.5) is 0 Å². The van der Waals surface area contributed by atoms with E-state index in [1.54, 1.807) is 17.1 Å². The van der Waals surface area contributed by atoms with E-state index in [0.717, 1.165) is 29.2 Å². The Balaban J connectivity index is 1.33. The number of aromatic nitrogens is 4. The summed E-state index contributed by atoms with van der Waals surface area (Å²) in [5, 5.41) is 7.84. The molecule has 2 aromatic heterocycles. The van der Waals surface area contributed by atoms with Crippen LogP contribution in [-0.4, -0.2) is 31.8 Å². The summed E-state index contributed by atoms with van der Waals surface area (Å²) in [5.41, 5.74) is 5.37. The van der Waals surface area contributed by atoms with Crippen LogP contribution >= 0.6 is 0 Å². The number of amides is 1. The fourth-order valence-corrected chi connectivity index (χ4v) is 4.13. The molecule has 1 amide bonds. The standard InChI is InChI=1S/C29H27N5O/c1-22-9-8-12-24(19-22)28-26(21-34(32-28)25-13-6-3-7-14-25)29(35)31-16-15-27-30-17-18-33(27)20-23-10-4-2-5-11-23/h2-14,17-19,21H,15-16,20H2,1H3,(H,31,35). The molecule has 0 aliphatic carbocycles. The van der Waals surface area contributed by atoms with Gasteiger partial charge in [0.25, 0.3) is 5.91 Å². The minimum atomic E-state index is -0.148. The van der Waals surface area contributed by atoms with Crippen LogP contribution in [0, 0.1) is 6.92 Å². The van der Waals surface area contributed by atoms with Gasteiger partial charge in [0.15, 0.2) is 0 Å². The van der Waals surface area contributed by atoms with Crippen LogP contribution in [0.5, 0.6) is 0 Å². The molecule has 0 saturated carbocycles. The Bertz CT molecular complexity index is 1420. The second kappa shape index (κ2) is 10.2. The summed E-state index contributed by atoms with van der Waals surface area (Å²) in [5.74, 6) is 0.790. The lowest BCUT2D eigenvalue weighted by Gasteiger charge is -2.09. The van der Waals surface area contributed by atoms with Crippen LogP contribution in [0.15, 0.2) is 104 Å². The number of carbonyl (C=O) groups is 1. The van der Waals surface area contributed by atoms with Crippen molar-refractivity contribution in [2.75, 3.05) is 6.54 Å². The molecule has 0 fully saturated rings. The summed E-state index contributed by atoms with van der Waals surface area (Å²) < 4.78 is 3.88. The van der Waals surface area contributed by atoms with Gasteiger partial charge in [-0.3, -0.25) is 4.79 Å². The molecule has 6 heteroatoms. The average Bonchev–Trinajstić information content (AvgIpc) is 3.53. The molecular weight excluding hydrogens is 434 g/mol. The molecule has 35 heavy (non-hydrogen) atoms. The van der Waals surface area contributed by atoms with E-state index in [4.69, 9.17) is 5.10 Å². The lowest BCUT2D eigenvalue weighted by molar-refractivity contribution is 0.0954. The number of hydrogen-bond donors (Lipinski definition) is 1. The van der Waals surface area contributed by atoms with Crippen LogP contribution in [0.3, 0.4) is 0 Å². The molecule has 174 valence electrons. The number of nitrogens with zero attached hydrogens (tertiary/aromatic N) is 4. The zero-order chi connectivity index (χ0) is 24.0. The second-order valence-corrected chi connectivity index (χ2v) is 8.50. The molecule has 3 aromatic carbocycles. The first-order chi connectivity index (χ1) is 17.2. The minimum Gasteiger partial charge on any atom is -0.351 e. The van der Waals surface area contributed by atoms with Crippen molar-refractivity contribution in [3.8, 4) is 16.9 Å². The van der Waals surface area contributed by atoms with Crippen molar-refractivity contribution < 1.29 is 4.79 Å². The third-order valence-corrected chi connectivity index (χ3v) is 5.90. The molecule has 6 nitrogen and oxygen atoms in total. The Morgan fingerprint density at radius 1 is 0.943 bits per heavy atom. The number of para-hydroxylation sites is 1. The van der Waals surface area contributed by atoms with E-state index in [2.05, 4.69) is 33.1 Å². The molecule has 0 aliphatic rings. The Kier molecular flexibility index (Phi) is 6.52. The highest BCUT2D eigenvalue weighted by molar-refractivity contribution is 6.00. The molecule has 0 atom stereocenters. The van der Waals surface area contributed by atoms with Gasteiger partial charge in [-0.2, -0.15) is 5.10 Å². The molecule has 0 bridgehead atoms. The predicted molar refractivity (Wildman–Crippen MR) is 138 cm³/mol. The fraction of sp³-hybridized carbons (Fsp3) is 0.138. The summed E-state index contributed by atoms with van der Waals surface area (Å²) in [6.07, 6.45) is 6.22. The average molecular weight is 462 g/mol. The highest BCUT2D eigenvalue weighted by Gasteiger charge is 2.19. The molecule has 0 radical (unpaired) electrons. The number of aryl methyl sites for hydroxylation is 1. The summed E-state index contributed by atoms with van der Waals surface area (Å²) in [4.78, 5) is 17.8. The SMILES string of the molecule is Cc1cccc(-c2nn(-c3ccccc3)cc2C(=O)NCCc2nccn2Cc2ccccc2)c1. The smallest absolute Gasteiger partial charge is 0.255 e. The lowest BCUT2D eigenvalue weighted by atomic mass is 10.1. The maximum atomic E-state index is 13.3. The van der Waals surface area contributed by atoms with Gasteiger partial charge < -0.3 is 9.88 Å². The van der Waals surface area contributed by atoms with Crippen LogP contribution in [-0.2, 0) is 13.0 Å². The number of imidazole rings is 1. The van der Waals surface area contributed by atoms with Crippen LogP contribution in [0.2, 0.25) is 0 Å². The van der Waals surface area contributed by atoms with Crippen molar-refractivity contribution >= 4 is 5.91 Å². The molecular formula is C29H27N5O. The highest BCUT2D eigenvalue weighted by Crippen LogP contribution is 2.24. The van der Waals surface area contributed by atoms with Crippen molar-refractivity contribution in [1.29, 1.82) is 0 Å². The van der Waals surface area contributed by atoms with Gasteiger partial charge in [-0.05, 0) is 30.7 Å². The van der Waals surface area contributed by atoms with Gasteiger partial charge in [-0.1, -0.05) is 72.3 Å². The lowest BCUT2D eigenvalue weighted by Crippen LogP contribution is -2.26. The van der Waals surface area contributed by atoms with E-state index in [1.165, 1.54) is 5.56 Å². The molecule has 2 heterocycles. The Morgan fingerprint density at radius 2 is 1.71 bits per heavy atom. The second-order valence-electron chi connectivity index (χ2n) is 8.50. The first-order valence-corrected chi connectivity index (χ1v) is 11.7.